The van der Waals surface area contributed by atoms with Crippen molar-refractivity contribution >= 4 is 65.0 Å². The quantitative estimate of drug-likeness (QED) is 0.0486. The zero-order valence-corrected chi connectivity index (χ0v) is 41.5. The molecule has 0 spiro atoms. The minimum Gasteiger partial charge on any atom is -0.480 e. The molecule has 0 saturated heterocycles. The lowest BCUT2D eigenvalue weighted by Gasteiger charge is -2.30. The topological polar surface area (TPSA) is 296 Å². The lowest BCUT2D eigenvalue weighted by atomic mass is 9.96. The van der Waals surface area contributed by atoms with Crippen LogP contribution in [-0.2, 0) is 43.2 Å². The predicted molar refractivity (Wildman–Crippen MR) is 248 cm³/mol. The summed E-state index contributed by atoms with van der Waals surface area (Å²) in [5.74, 6) is -7.27. The van der Waals surface area contributed by atoms with Gasteiger partial charge in [0.15, 0.2) is 0 Å². The number of hydrogen-bond acceptors (Lipinski definition) is 11. The van der Waals surface area contributed by atoms with Gasteiger partial charge in [0.1, 0.15) is 48.3 Å². The molecule has 0 aromatic carbocycles. The first kappa shape index (κ1) is 59.5. The number of thioether (sulfide) groups is 1. The highest BCUT2D eigenvalue weighted by Gasteiger charge is 2.36. The van der Waals surface area contributed by atoms with E-state index in [1.165, 1.54) is 18.7 Å². The van der Waals surface area contributed by atoms with E-state index in [1.807, 2.05) is 54.7 Å². The summed E-state index contributed by atoms with van der Waals surface area (Å²) in [6, 6.07) is -8.85. The van der Waals surface area contributed by atoms with Gasteiger partial charge < -0.3 is 53.4 Å². The van der Waals surface area contributed by atoms with Crippen molar-refractivity contribution < 1.29 is 48.3 Å². The number of carboxylic acids is 1. The van der Waals surface area contributed by atoms with Gasteiger partial charge in [-0.05, 0) is 80.1 Å². The highest BCUT2D eigenvalue weighted by atomic mass is 32.2. The highest BCUT2D eigenvalue weighted by molar-refractivity contribution is 7.98. The lowest BCUT2D eigenvalue weighted by Crippen LogP contribution is -2.61. The van der Waals surface area contributed by atoms with Crippen molar-refractivity contribution in [3.63, 3.8) is 0 Å². The van der Waals surface area contributed by atoms with E-state index < -0.39 is 113 Å². The standard InChI is InChI=1S/C44H81N9O10S/c1-15-27(12)36(51-33(54)21-45)43(61)50-31(19-23(4)5)40(58)48-32(20-24(6)7)41(59)52-34(25(8)9)42(60)49-30(18-22(2)3)39(57)47-29(16-17-64-14)38(56)46-28(13)37(55)53-35(26(10)11)44(62)63/h22-32,34-36H,15-21,45H2,1-14H3,(H,46,56)(H,47,57)(H,48,58)(H,49,60)(H,50,61)(H,51,54)(H,52,59)(H,53,55)(H,62,63). The number of carbonyl (C=O) groups excluding carboxylic acids is 8. The van der Waals surface area contributed by atoms with Crippen LogP contribution in [0.2, 0.25) is 0 Å². The van der Waals surface area contributed by atoms with Crippen molar-refractivity contribution in [2.24, 2.45) is 41.2 Å². The zero-order valence-electron chi connectivity index (χ0n) is 40.6. The van der Waals surface area contributed by atoms with Gasteiger partial charge in [0.05, 0.1) is 6.54 Å². The smallest absolute Gasteiger partial charge is 0.326 e. The van der Waals surface area contributed by atoms with Gasteiger partial charge >= 0.3 is 5.97 Å². The van der Waals surface area contributed by atoms with E-state index in [1.54, 1.807) is 34.6 Å². The van der Waals surface area contributed by atoms with Crippen LogP contribution in [0.5, 0.6) is 0 Å². The van der Waals surface area contributed by atoms with Crippen molar-refractivity contribution in [2.75, 3.05) is 18.6 Å². The summed E-state index contributed by atoms with van der Waals surface area (Å²) in [5, 5.41) is 30.9. The van der Waals surface area contributed by atoms with Gasteiger partial charge in [-0.3, -0.25) is 38.4 Å². The summed E-state index contributed by atoms with van der Waals surface area (Å²) >= 11 is 1.43. The molecule has 9 atom stereocenters. The second kappa shape index (κ2) is 29.9. The Morgan fingerprint density at radius 1 is 0.484 bits per heavy atom. The fourth-order valence-electron chi connectivity index (χ4n) is 6.58. The molecule has 0 aliphatic heterocycles. The molecule has 9 unspecified atom stereocenters. The van der Waals surface area contributed by atoms with E-state index in [4.69, 9.17) is 5.73 Å². The number of nitrogens with two attached hydrogens (primary N) is 1. The number of nitrogens with one attached hydrogen (secondary N) is 8. The van der Waals surface area contributed by atoms with Crippen molar-refractivity contribution in [2.45, 2.75) is 170 Å². The van der Waals surface area contributed by atoms with Crippen LogP contribution in [0.4, 0.5) is 0 Å². The Bertz CT molecular complexity index is 1560. The third kappa shape index (κ3) is 22.0. The van der Waals surface area contributed by atoms with E-state index in [0.29, 0.717) is 12.2 Å². The number of hydrogen-bond donors (Lipinski definition) is 10. The first-order chi connectivity index (χ1) is 29.7. The molecule has 0 aromatic rings. The van der Waals surface area contributed by atoms with Crippen LogP contribution in [0.3, 0.4) is 0 Å². The van der Waals surface area contributed by atoms with E-state index in [0.717, 1.165) is 0 Å². The minimum atomic E-state index is -1.22. The van der Waals surface area contributed by atoms with E-state index >= 15 is 0 Å². The Morgan fingerprint density at radius 3 is 1.23 bits per heavy atom. The molecule has 0 saturated carbocycles. The van der Waals surface area contributed by atoms with Gasteiger partial charge in [-0.2, -0.15) is 11.8 Å². The Hall–Kier alpha value is -4.46. The molecule has 8 amide bonds. The number of amides is 8. The molecule has 0 aliphatic rings. The molecule has 0 aromatic heterocycles. The van der Waals surface area contributed by atoms with Crippen LogP contribution in [0.25, 0.3) is 0 Å². The van der Waals surface area contributed by atoms with Crippen LogP contribution in [0, 0.1) is 35.5 Å². The van der Waals surface area contributed by atoms with Crippen LogP contribution >= 0.6 is 11.8 Å². The highest BCUT2D eigenvalue weighted by Crippen LogP contribution is 2.15. The SMILES string of the molecule is CCC(C)C(NC(=O)CN)C(=O)NC(CC(C)C)C(=O)NC(CC(C)C)C(=O)NC(C(=O)NC(CC(C)C)C(=O)NC(CCSC)C(=O)NC(C)C(=O)NC(C(=O)O)C(C)C)C(C)C. The monoisotopic (exact) mass is 928 g/mol. The van der Waals surface area contributed by atoms with Gasteiger partial charge in [-0.1, -0.05) is 89.5 Å². The number of carboxylic acid groups (broad SMARTS) is 1. The summed E-state index contributed by atoms with van der Waals surface area (Å²) in [6.07, 6.45) is 3.13. The molecule has 19 nitrogen and oxygen atoms in total. The zero-order chi connectivity index (χ0) is 49.6. The third-order valence-corrected chi connectivity index (χ3v) is 11.1. The molecule has 0 rings (SSSR count). The van der Waals surface area contributed by atoms with Gasteiger partial charge in [0, 0.05) is 0 Å². The van der Waals surface area contributed by atoms with Gasteiger partial charge in [0.2, 0.25) is 47.3 Å². The number of rotatable bonds is 30. The molecule has 64 heavy (non-hydrogen) atoms. The third-order valence-electron chi connectivity index (χ3n) is 10.5. The minimum absolute atomic E-state index is 0.0486. The molecular weight excluding hydrogens is 847 g/mol. The second-order valence-corrected chi connectivity index (χ2v) is 19.6. The fraction of sp³-hybridized carbons (Fsp3) is 0.795. The predicted octanol–water partition coefficient (Wildman–Crippen LogP) is 1.18. The van der Waals surface area contributed by atoms with Gasteiger partial charge in [-0.15, -0.1) is 0 Å². The van der Waals surface area contributed by atoms with E-state index in [9.17, 15) is 48.3 Å². The summed E-state index contributed by atoms with van der Waals surface area (Å²) in [7, 11) is 0. The van der Waals surface area contributed by atoms with Crippen molar-refractivity contribution in [1.29, 1.82) is 0 Å². The van der Waals surface area contributed by atoms with E-state index in [2.05, 4.69) is 42.5 Å². The maximum absolute atomic E-state index is 14.0. The Labute approximate surface area is 385 Å². The summed E-state index contributed by atoms with van der Waals surface area (Å²) < 4.78 is 0. The normalized spacial score (nSPS) is 15.8. The molecule has 368 valence electrons. The summed E-state index contributed by atoms with van der Waals surface area (Å²) in [5.41, 5.74) is 5.49. The molecule has 0 aliphatic carbocycles. The maximum atomic E-state index is 14.0. The van der Waals surface area contributed by atoms with Crippen LogP contribution in [0.15, 0.2) is 0 Å². The first-order valence-corrected chi connectivity index (χ1v) is 23.9. The average Bonchev–Trinajstić information content (AvgIpc) is 3.19. The van der Waals surface area contributed by atoms with Crippen LogP contribution in [0.1, 0.15) is 122 Å². The largest absolute Gasteiger partial charge is 0.480 e. The number of aliphatic carboxylic acids is 1. The molecule has 20 heteroatoms. The van der Waals surface area contributed by atoms with Gasteiger partial charge in [-0.25, -0.2) is 4.79 Å². The fourth-order valence-corrected chi connectivity index (χ4v) is 7.05. The molecule has 0 heterocycles. The summed E-state index contributed by atoms with van der Waals surface area (Å²) in [4.78, 5) is 120. The van der Waals surface area contributed by atoms with Gasteiger partial charge in [0.25, 0.3) is 0 Å². The van der Waals surface area contributed by atoms with Crippen LogP contribution < -0.4 is 48.3 Å². The summed E-state index contributed by atoms with van der Waals surface area (Å²) in [6.45, 7) is 22.6. The van der Waals surface area contributed by atoms with Crippen molar-refractivity contribution in [1.82, 2.24) is 42.5 Å². The molecule has 0 bridgehead atoms. The Balaban J connectivity index is 6.38. The number of carbonyl (C=O) groups is 9. The first-order valence-electron chi connectivity index (χ1n) is 22.5. The molecule has 11 N–H and O–H groups in total. The Morgan fingerprint density at radius 2 is 0.859 bits per heavy atom. The Kier molecular flexibility index (Phi) is 27.8. The molecule has 0 fully saturated rings. The lowest BCUT2D eigenvalue weighted by molar-refractivity contribution is -0.143. The van der Waals surface area contributed by atoms with Crippen LogP contribution in [-0.4, -0.2) is 125 Å². The average molecular weight is 928 g/mol. The molecular formula is C44H81N9O10S. The van der Waals surface area contributed by atoms with Crippen molar-refractivity contribution in [3.8, 4) is 0 Å². The van der Waals surface area contributed by atoms with Crippen molar-refractivity contribution in [3.05, 3.63) is 0 Å². The van der Waals surface area contributed by atoms with E-state index in [-0.39, 0.29) is 55.9 Å². The maximum Gasteiger partial charge on any atom is 0.326 e. The molecule has 0 radical (unpaired) electrons. The second-order valence-electron chi connectivity index (χ2n) is 18.6.